The van der Waals surface area contributed by atoms with Gasteiger partial charge in [0.15, 0.2) is 0 Å². The van der Waals surface area contributed by atoms with Crippen LogP contribution in [-0.2, 0) is 13.5 Å². The molecule has 1 aromatic carbocycles. The van der Waals surface area contributed by atoms with E-state index in [4.69, 9.17) is 16.6 Å². The number of aromatic amines is 1. The Balaban J connectivity index is 1.70. The van der Waals surface area contributed by atoms with E-state index in [1.54, 1.807) is 18.3 Å². The second-order valence-corrected chi connectivity index (χ2v) is 6.16. The van der Waals surface area contributed by atoms with E-state index in [9.17, 15) is 4.39 Å². The first kappa shape index (κ1) is 15.6. The normalized spacial score (nSPS) is 11.3. The Labute approximate surface area is 147 Å². The van der Waals surface area contributed by atoms with Gasteiger partial charge in [-0.2, -0.15) is 0 Å². The minimum atomic E-state index is -0.278. The molecule has 0 spiro atoms. The van der Waals surface area contributed by atoms with Gasteiger partial charge in [-0.25, -0.2) is 9.37 Å². The zero-order valence-electron chi connectivity index (χ0n) is 13.6. The molecule has 0 saturated carbocycles. The van der Waals surface area contributed by atoms with E-state index in [-0.39, 0.29) is 5.82 Å². The highest BCUT2D eigenvalue weighted by atomic mass is 32.1. The molecule has 0 bridgehead atoms. The first-order valence-electron chi connectivity index (χ1n) is 7.65. The molecule has 3 aromatic heterocycles. The highest BCUT2D eigenvalue weighted by Gasteiger charge is 2.15. The number of nitrogens with zero attached hydrogens (tertiary/aromatic N) is 4. The largest absolute Gasteiger partial charge is 0.420 e. The van der Waals surface area contributed by atoms with Crippen LogP contribution >= 0.6 is 12.2 Å². The summed E-state index contributed by atoms with van der Waals surface area (Å²) >= 11 is 5.54. The molecule has 4 rings (SSSR count). The molecule has 0 aliphatic heterocycles. The summed E-state index contributed by atoms with van der Waals surface area (Å²) in [5.74, 6) is 1.36. The number of halogens is 1. The summed E-state index contributed by atoms with van der Waals surface area (Å²) in [4.78, 5) is 7.66. The van der Waals surface area contributed by atoms with Crippen molar-refractivity contribution in [2.24, 2.45) is 7.05 Å². The number of hydrogen-bond acceptors (Lipinski definition) is 5. The number of benzene rings is 1. The van der Waals surface area contributed by atoms with Gasteiger partial charge >= 0.3 is 0 Å². The van der Waals surface area contributed by atoms with Gasteiger partial charge < -0.3 is 14.0 Å². The molecule has 0 unspecified atom stereocenters. The Hall–Kier alpha value is -2.87. The highest BCUT2D eigenvalue weighted by molar-refractivity contribution is 7.71. The summed E-state index contributed by atoms with van der Waals surface area (Å²) in [5, 5.41) is 8.14. The molecule has 0 fully saturated rings. The molecule has 4 aromatic rings. The number of aryl methyl sites for hydroxylation is 2. The maximum atomic E-state index is 13.0. The van der Waals surface area contributed by atoms with Gasteiger partial charge in [0.05, 0.1) is 16.5 Å². The van der Waals surface area contributed by atoms with Crippen molar-refractivity contribution in [3.05, 3.63) is 58.1 Å². The third-order valence-electron chi connectivity index (χ3n) is 4.10. The van der Waals surface area contributed by atoms with E-state index < -0.39 is 0 Å². The molecule has 1 N–H and O–H groups in total. The lowest BCUT2D eigenvalue weighted by molar-refractivity contribution is 0.517. The summed E-state index contributed by atoms with van der Waals surface area (Å²) < 4.78 is 21.2. The Morgan fingerprint density at radius 1 is 1.24 bits per heavy atom. The van der Waals surface area contributed by atoms with Gasteiger partial charge in [-0.15, -0.1) is 10.2 Å². The summed E-state index contributed by atoms with van der Waals surface area (Å²) in [6.45, 7) is 1.91. The van der Waals surface area contributed by atoms with Crippen LogP contribution in [0.15, 0.2) is 34.9 Å². The Bertz CT molecular complexity index is 1130. The van der Waals surface area contributed by atoms with Gasteiger partial charge in [-0.1, -0.05) is 24.4 Å². The predicted molar refractivity (Wildman–Crippen MR) is 93.1 cm³/mol. The first-order valence-corrected chi connectivity index (χ1v) is 8.05. The lowest BCUT2D eigenvalue weighted by Gasteiger charge is -1.99. The van der Waals surface area contributed by atoms with E-state index in [1.807, 2.05) is 18.5 Å². The smallest absolute Gasteiger partial charge is 0.250 e. The number of imidazole rings is 1. The second kappa shape index (κ2) is 5.89. The highest BCUT2D eigenvalue weighted by Crippen LogP contribution is 2.25. The van der Waals surface area contributed by atoms with E-state index >= 15 is 0 Å². The number of H-pyrrole nitrogens is 1. The molecule has 0 saturated heterocycles. The molecule has 8 heteroatoms. The van der Waals surface area contributed by atoms with Gasteiger partial charge in [0.25, 0.3) is 5.89 Å². The minimum Gasteiger partial charge on any atom is -0.420 e. The molecule has 126 valence electrons. The molecule has 0 aliphatic rings. The van der Waals surface area contributed by atoms with Gasteiger partial charge in [0.1, 0.15) is 22.8 Å². The fraction of sp³-hybridized carbons (Fsp3) is 0.176. The lowest BCUT2D eigenvalue weighted by atomic mass is 10.1. The summed E-state index contributed by atoms with van der Waals surface area (Å²) in [7, 11) is 1.92. The van der Waals surface area contributed by atoms with E-state index in [2.05, 4.69) is 20.2 Å². The number of aromatic nitrogens is 5. The maximum absolute atomic E-state index is 13.0. The Morgan fingerprint density at radius 2 is 2.00 bits per heavy atom. The van der Waals surface area contributed by atoms with Gasteiger partial charge in [0.2, 0.25) is 5.89 Å². The fourth-order valence-corrected chi connectivity index (χ4v) is 2.93. The third kappa shape index (κ3) is 2.74. The van der Waals surface area contributed by atoms with Gasteiger partial charge in [-0.05, 0) is 24.6 Å². The topological polar surface area (TPSA) is 72.5 Å². The van der Waals surface area contributed by atoms with Crippen LogP contribution in [0, 0.1) is 17.3 Å². The Morgan fingerprint density at radius 3 is 2.76 bits per heavy atom. The van der Waals surface area contributed by atoms with E-state index in [0.29, 0.717) is 33.8 Å². The van der Waals surface area contributed by atoms with Crippen LogP contribution < -0.4 is 0 Å². The number of fused-ring (bicyclic) bond motifs is 1. The quantitative estimate of drug-likeness (QED) is 0.567. The fourth-order valence-electron chi connectivity index (χ4n) is 2.64. The molecule has 25 heavy (non-hydrogen) atoms. The lowest BCUT2D eigenvalue weighted by Crippen LogP contribution is -1.92. The number of rotatable bonds is 3. The number of nitrogens with one attached hydrogen (secondary N) is 1. The van der Waals surface area contributed by atoms with Crippen molar-refractivity contribution < 1.29 is 8.81 Å². The van der Waals surface area contributed by atoms with Crippen molar-refractivity contribution in [3.8, 4) is 11.5 Å². The summed E-state index contributed by atoms with van der Waals surface area (Å²) in [6.07, 6.45) is 2.18. The van der Waals surface area contributed by atoms with Crippen LogP contribution in [0.5, 0.6) is 0 Å². The average molecular weight is 355 g/mol. The standard InChI is InChI=1S/C17H14FN5OS/c1-9-20-14-15(25)12(8-19-16(14)23(9)2)17-22-21-13(24-17)7-10-3-5-11(18)6-4-10/h3-6,8H,7H2,1-2H3,(H,19,25). The molecular formula is C17H14FN5OS. The minimum absolute atomic E-state index is 0.278. The van der Waals surface area contributed by atoms with Crippen LogP contribution in [-0.4, -0.2) is 24.7 Å². The molecule has 3 heterocycles. The molecule has 6 nitrogen and oxygen atoms in total. The van der Waals surface area contributed by atoms with Crippen LogP contribution in [0.25, 0.3) is 22.6 Å². The van der Waals surface area contributed by atoms with E-state index in [0.717, 1.165) is 17.0 Å². The van der Waals surface area contributed by atoms with Crippen LogP contribution in [0.3, 0.4) is 0 Å². The van der Waals surface area contributed by atoms with Crippen molar-refractivity contribution in [3.63, 3.8) is 0 Å². The van der Waals surface area contributed by atoms with Gasteiger partial charge in [0, 0.05) is 13.2 Å². The average Bonchev–Trinajstić information content (AvgIpc) is 3.17. The summed E-state index contributed by atoms with van der Waals surface area (Å²) in [5.41, 5.74) is 3.07. The molecule has 0 atom stereocenters. The zero-order chi connectivity index (χ0) is 17.6. The zero-order valence-corrected chi connectivity index (χ0v) is 14.4. The van der Waals surface area contributed by atoms with Crippen molar-refractivity contribution in [1.29, 1.82) is 0 Å². The van der Waals surface area contributed by atoms with Crippen molar-refractivity contribution in [2.45, 2.75) is 13.3 Å². The predicted octanol–water partition coefficient (Wildman–Crippen LogP) is 3.72. The summed E-state index contributed by atoms with van der Waals surface area (Å²) in [6, 6.07) is 6.18. The van der Waals surface area contributed by atoms with Crippen molar-refractivity contribution >= 4 is 23.4 Å². The molecule has 0 amide bonds. The van der Waals surface area contributed by atoms with Crippen LogP contribution in [0.2, 0.25) is 0 Å². The van der Waals surface area contributed by atoms with Crippen LogP contribution in [0.1, 0.15) is 17.3 Å². The number of pyridine rings is 1. The maximum Gasteiger partial charge on any atom is 0.250 e. The van der Waals surface area contributed by atoms with Crippen molar-refractivity contribution in [2.75, 3.05) is 0 Å². The number of hydrogen-bond donors (Lipinski definition) is 1. The van der Waals surface area contributed by atoms with Gasteiger partial charge in [-0.3, -0.25) is 0 Å². The molecular weight excluding hydrogens is 341 g/mol. The monoisotopic (exact) mass is 355 g/mol. The Kier molecular flexibility index (Phi) is 3.69. The SMILES string of the molecule is Cc1nc2c(=S)c(-c3nnc(Cc4ccc(F)cc4)o3)c[nH]c2n1C. The second-order valence-electron chi connectivity index (χ2n) is 5.75. The third-order valence-corrected chi connectivity index (χ3v) is 4.51. The van der Waals surface area contributed by atoms with Crippen molar-refractivity contribution in [1.82, 2.24) is 24.7 Å². The first-order chi connectivity index (χ1) is 12.0. The molecule has 0 radical (unpaired) electrons. The molecule has 0 aliphatic carbocycles. The van der Waals surface area contributed by atoms with E-state index in [1.165, 1.54) is 12.1 Å². The van der Waals surface area contributed by atoms with Crippen LogP contribution in [0.4, 0.5) is 4.39 Å².